The van der Waals surface area contributed by atoms with Gasteiger partial charge < -0.3 is 10.6 Å². The normalized spacial score (nSPS) is 14.9. The number of sulfone groups is 1. The fraction of sp³-hybridized carbons (Fsp3) is 0.333. The first-order chi connectivity index (χ1) is 13.9. The van der Waals surface area contributed by atoms with Gasteiger partial charge in [-0.1, -0.05) is 18.9 Å². The predicted octanol–water partition coefficient (Wildman–Crippen LogP) is 3.59. The number of hydrogen-bond acceptors (Lipinski definition) is 5. The standard InChI is InChI=1S/C21H24N4O3S/c1-29(27,28)21-24-19(18-8-4-5-13-25(18)21)20(26)23-17-11-9-16(10-12-17)22-14-15-6-2-3-7-15/h4-5,8-13,15,22H,2-3,6-7,14H2,1H3,(H,23,26). The lowest BCUT2D eigenvalue weighted by Gasteiger charge is -2.12. The third-order valence-electron chi connectivity index (χ3n) is 5.28. The van der Waals surface area contributed by atoms with Crippen molar-refractivity contribution in [3.63, 3.8) is 0 Å². The van der Waals surface area contributed by atoms with Crippen molar-refractivity contribution in [2.24, 2.45) is 5.92 Å². The maximum absolute atomic E-state index is 12.8. The van der Waals surface area contributed by atoms with Gasteiger partial charge in [0.2, 0.25) is 15.0 Å². The van der Waals surface area contributed by atoms with E-state index in [0.717, 1.165) is 24.4 Å². The Morgan fingerprint density at radius 3 is 2.48 bits per heavy atom. The summed E-state index contributed by atoms with van der Waals surface area (Å²) < 4.78 is 25.4. The summed E-state index contributed by atoms with van der Waals surface area (Å²) in [4.78, 5) is 16.9. The Labute approximate surface area is 170 Å². The molecule has 4 rings (SSSR count). The van der Waals surface area contributed by atoms with Crippen LogP contribution in [0, 0.1) is 5.92 Å². The van der Waals surface area contributed by atoms with Crippen LogP contribution >= 0.6 is 0 Å². The molecule has 1 fully saturated rings. The van der Waals surface area contributed by atoms with Crippen LogP contribution in [0.25, 0.3) is 5.52 Å². The largest absolute Gasteiger partial charge is 0.385 e. The molecule has 0 saturated heterocycles. The van der Waals surface area contributed by atoms with E-state index in [2.05, 4.69) is 15.6 Å². The number of carbonyl (C=O) groups is 1. The first-order valence-corrected chi connectivity index (χ1v) is 11.6. The Bertz CT molecular complexity index is 1130. The lowest BCUT2D eigenvalue weighted by molar-refractivity contribution is 0.102. The molecule has 0 unspecified atom stereocenters. The summed E-state index contributed by atoms with van der Waals surface area (Å²) >= 11 is 0. The van der Waals surface area contributed by atoms with Crippen molar-refractivity contribution in [3.05, 3.63) is 54.4 Å². The van der Waals surface area contributed by atoms with Gasteiger partial charge in [-0.2, -0.15) is 0 Å². The van der Waals surface area contributed by atoms with Crippen LogP contribution in [0.15, 0.2) is 53.8 Å². The van der Waals surface area contributed by atoms with Crippen LogP contribution in [0.1, 0.15) is 36.2 Å². The lowest BCUT2D eigenvalue weighted by Crippen LogP contribution is -2.13. The Morgan fingerprint density at radius 1 is 1.10 bits per heavy atom. The predicted molar refractivity (Wildman–Crippen MR) is 113 cm³/mol. The number of anilines is 2. The van der Waals surface area contributed by atoms with E-state index in [1.165, 1.54) is 30.1 Å². The van der Waals surface area contributed by atoms with E-state index in [0.29, 0.717) is 11.2 Å². The molecule has 2 aromatic heterocycles. The molecule has 0 radical (unpaired) electrons. The van der Waals surface area contributed by atoms with Crippen LogP contribution in [0.5, 0.6) is 0 Å². The van der Waals surface area contributed by atoms with Gasteiger partial charge in [-0.05, 0) is 55.2 Å². The van der Waals surface area contributed by atoms with Crippen molar-refractivity contribution in [3.8, 4) is 0 Å². The third kappa shape index (κ3) is 4.27. The van der Waals surface area contributed by atoms with E-state index in [1.807, 2.05) is 24.3 Å². The van der Waals surface area contributed by atoms with E-state index in [9.17, 15) is 13.2 Å². The summed E-state index contributed by atoms with van der Waals surface area (Å²) in [6.45, 7) is 0.973. The molecule has 0 bridgehead atoms. The van der Waals surface area contributed by atoms with Gasteiger partial charge in [-0.3, -0.25) is 9.20 Å². The van der Waals surface area contributed by atoms with E-state index < -0.39 is 15.7 Å². The summed E-state index contributed by atoms with van der Waals surface area (Å²) in [6.07, 6.45) is 7.88. The molecule has 29 heavy (non-hydrogen) atoms. The molecule has 152 valence electrons. The number of fused-ring (bicyclic) bond motifs is 1. The molecule has 0 atom stereocenters. The summed E-state index contributed by atoms with van der Waals surface area (Å²) in [6, 6.07) is 12.6. The summed E-state index contributed by atoms with van der Waals surface area (Å²) in [7, 11) is -3.57. The van der Waals surface area contributed by atoms with E-state index in [1.54, 1.807) is 24.4 Å². The van der Waals surface area contributed by atoms with Crippen LogP contribution in [0.2, 0.25) is 0 Å². The number of pyridine rings is 1. The molecule has 0 aliphatic heterocycles. The molecule has 2 heterocycles. The highest BCUT2D eigenvalue weighted by molar-refractivity contribution is 7.90. The molecule has 1 amide bonds. The number of nitrogens with zero attached hydrogens (tertiary/aromatic N) is 2. The average molecular weight is 413 g/mol. The summed E-state index contributed by atoms with van der Waals surface area (Å²) in [5.74, 6) is 0.294. The first kappa shape index (κ1) is 19.4. The van der Waals surface area contributed by atoms with Gasteiger partial charge in [0, 0.05) is 30.4 Å². The second kappa shape index (κ2) is 7.87. The maximum Gasteiger partial charge on any atom is 0.276 e. The fourth-order valence-electron chi connectivity index (χ4n) is 3.78. The van der Waals surface area contributed by atoms with Gasteiger partial charge in [-0.25, -0.2) is 13.4 Å². The molecule has 1 aromatic carbocycles. The van der Waals surface area contributed by atoms with E-state index >= 15 is 0 Å². The van der Waals surface area contributed by atoms with E-state index in [4.69, 9.17) is 0 Å². The van der Waals surface area contributed by atoms with Crippen LogP contribution in [-0.4, -0.2) is 36.5 Å². The minimum Gasteiger partial charge on any atom is -0.385 e. The molecule has 1 aliphatic rings. The number of benzene rings is 1. The molecular formula is C21H24N4O3S. The highest BCUT2D eigenvalue weighted by atomic mass is 32.2. The Morgan fingerprint density at radius 2 is 1.79 bits per heavy atom. The number of rotatable bonds is 6. The quantitative estimate of drug-likeness (QED) is 0.645. The number of aromatic nitrogens is 2. The monoisotopic (exact) mass is 412 g/mol. The summed E-state index contributed by atoms with van der Waals surface area (Å²) in [5, 5.41) is 6.10. The van der Waals surface area contributed by atoms with Gasteiger partial charge in [0.25, 0.3) is 5.91 Å². The molecule has 2 N–H and O–H groups in total. The van der Waals surface area contributed by atoms with Gasteiger partial charge in [0.1, 0.15) is 0 Å². The van der Waals surface area contributed by atoms with Crippen LogP contribution in [0.4, 0.5) is 11.4 Å². The van der Waals surface area contributed by atoms with Crippen molar-refractivity contribution < 1.29 is 13.2 Å². The molecule has 1 aliphatic carbocycles. The molecule has 0 spiro atoms. The fourth-order valence-corrected chi connectivity index (χ4v) is 4.55. The van der Waals surface area contributed by atoms with Gasteiger partial charge in [0.15, 0.2) is 5.69 Å². The minimum absolute atomic E-state index is 0.0782. The van der Waals surface area contributed by atoms with Crippen molar-refractivity contribution >= 4 is 32.6 Å². The zero-order chi connectivity index (χ0) is 20.4. The third-order valence-corrected chi connectivity index (χ3v) is 6.23. The highest BCUT2D eigenvalue weighted by Gasteiger charge is 2.22. The Kier molecular flexibility index (Phi) is 5.27. The first-order valence-electron chi connectivity index (χ1n) is 9.74. The smallest absolute Gasteiger partial charge is 0.276 e. The van der Waals surface area contributed by atoms with Crippen molar-refractivity contribution in [1.82, 2.24) is 9.38 Å². The second-order valence-corrected chi connectivity index (χ2v) is 9.44. The Hall–Kier alpha value is -2.87. The van der Waals surface area contributed by atoms with Crippen molar-refractivity contribution in [2.75, 3.05) is 23.4 Å². The molecule has 7 nitrogen and oxygen atoms in total. The van der Waals surface area contributed by atoms with E-state index in [-0.39, 0.29) is 10.9 Å². The zero-order valence-electron chi connectivity index (χ0n) is 16.3. The number of amides is 1. The summed E-state index contributed by atoms with van der Waals surface area (Å²) in [5.41, 5.74) is 2.16. The van der Waals surface area contributed by atoms with Crippen LogP contribution in [-0.2, 0) is 9.84 Å². The number of imidazole rings is 1. The SMILES string of the molecule is CS(=O)(=O)c1nc(C(=O)Nc2ccc(NCC3CCCC3)cc2)c2ccccn12. The molecule has 8 heteroatoms. The van der Waals surface area contributed by atoms with Crippen LogP contribution < -0.4 is 10.6 Å². The minimum atomic E-state index is -3.57. The zero-order valence-corrected chi connectivity index (χ0v) is 17.1. The number of hydrogen-bond donors (Lipinski definition) is 2. The maximum atomic E-state index is 12.8. The number of nitrogens with one attached hydrogen (secondary N) is 2. The average Bonchev–Trinajstić information content (AvgIpc) is 3.35. The van der Waals surface area contributed by atoms with Gasteiger partial charge >= 0.3 is 0 Å². The van der Waals surface area contributed by atoms with Crippen LogP contribution in [0.3, 0.4) is 0 Å². The van der Waals surface area contributed by atoms with Crippen molar-refractivity contribution in [1.29, 1.82) is 0 Å². The molecular weight excluding hydrogens is 388 g/mol. The lowest BCUT2D eigenvalue weighted by atomic mass is 10.1. The molecule has 1 saturated carbocycles. The van der Waals surface area contributed by atoms with Gasteiger partial charge in [-0.15, -0.1) is 0 Å². The van der Waals surface area contributed by atoms with Crippen molar-refractivity contribution in [2.45, 2.75) is 30.8 Å². The topological polar surface area (TPSA) is 92.6 Å². The number of carbonyl (C=O) groups excluding carboxylic acids is 1. The second-order valence-electron chi connectivity index (χ2n) is 7.53. The Balaban J connectivity index is 1.49. The molecule has 3 aromatic rings. The van der Waals surface area contributed by atoms with Gasteiger partial charge in [0.05, 0.1) is 5.52 Å². The highest BCUT2D eigenvalue weighted by Crippen LogP contribution is 2.25.